The first-order valence-corrected chi connectivity index (χ1v) is 5.06. The van der Waals surface area contributed by atoms with Gasteiger partial charge < -0.3 is 9.84 Å². The summed E-state index contributed by atoms with van der Waals surface area (Å²) >= 11 is 0. The lowest BCUT2D eigenvalue weighted by atomic mass is 9.85. The molecule has 1 saturated heterocycles. The van der Waals surface area contributed by atoms with Crippen molar-refractivity contribution in [3.8, 4) is 0 Å². The number of ether oxygens (including phenoxy) is 1. The first-order valence-electron chi connectivity index (χ1n) is 5.06. The molecule has 1 aromatic rings. The Morgan fingerprint density at radius 3 is 2.43 bits per heavy atom. The second kappa shape index (κ2) is 3.37. The average molecular weight is 192 g/mol. The maximum Gasteiger partial charge on any atom is 0.124 e. The molecule has 2 heteroatoms. The molecule has 0 aliphatic carbocycles. The van der Waals surface area contributed by atoms with E-state index in [4.69, 9.17) is 9.84 Å². The minimum Gasteiger partial charge on any atom is -0.394 e. The summed E-state index contributed by atoms with van der Waals surface area (Å²) in [6.45, 7) is 4.36. The topological polar surface area (TPSA) is 32.8 Å². The van der Waals surface area contributed by atoms with Crippen molar-refractivity contribution in [3.63, 3.8) is 0 Å². The van der Waals surface area contributed by atoms with Gasteiger partial charge in [0.25, 0.3) is 0 Å². The van der Waals surface area contributed by atoms with Gasteiger partial charge in [0.15, 0.2) is 0 Å². The molecule has 0 radical (unpaired) electrons. The van der Waals surface area contributed by atoms with Gasteiger partial charge >= 0.3 is 0 Å². The summed E-state index contributed by atoms with van der Waals surface area (Å²) in [5, 5.41) is 9.13. The highest BCUT2D eigenvalue weighted by molar-refractivity contribution is 5.30. The lowest BCUT2D eigenvalue weighted by Gasteiger charge is -2.17. The molecule has 2 atom stereocenters. The Hall–Kier alpha value is -0.860. The second-order valence-electron chi connectivity index (χ2n) is 4.10. The van der Waals surface area contributed by atoms with Crippen LogP contribution < -0.4 is 0 Å². The summed E-state index contributed by atoms with van der Waals surface area (Å²) in [4.78, 5) is 0. The largest absolute Gasteiger partial charge is 0.394 e. The van der Waals surface area contributed by atoms with Crippen LogP contribution in [-0.4, -0.2) is 17.8 Å². The summed E-state index contributed by atoms with van der Waals surface area (Å²) in [6.07, 6.45) is -0.0232. The lowest BCUT2D eigenvalue weighted by Crippen LogP contribution is -2.21. The van der Waals surface area contributed by atoms with E-state index in [9.17, 15) is 0 Å². The van der Waals surface area contributed by atoms with Crippen LogP contribution in [0.1, 0.15) is 19.4 Å². The Morgan fingerprint density at radius 1 is 1.36 bits per heavy atom. The second-order valence-corrected chi connectivity index (χ2v) is 4.10. The highest BCUT2D eigenvalue weighted by atomic mass is 16.6. The molecule has 1 aromatic carbocycles. The number of aliphatic hydroxyl groups excluding tert-OH is 1. The molecule has 2 nitrogen and oxygen atoms in total. The molecule has 2 rings (SSSR count). The summed E-state index contributed by atoms with van der Waals surface area (Å²) in [5.41, 5.74) is 0.935. The summed E-state index contributed by atoms with van der Waals surface area (Å²) < 4.78 is 5.65. The Labute approximate surface area is 84.5 Å². The van der Waals surface area contributed by atoms with Crippen LogP contribution in [0.2, 0.25) is 0 Å². The molecule has 0 bridgehead atoms. The van der Waals surface area contributed by atoms with Gasteiger partial charge in [-0.05, 0) is 11.5 Å². The number of hydrogen-bond donors (Lipinski definition) is 1. The molecule has 76 valence electrons. The number of rotatable bonds is 3. The van der Waals surface area contributed by atoms with E-state index in [1.165, 1.54) is 5.56 Å². The molecule has 1 N–H and O–H groups in total. The van der Waals surface area contributed by atoms with Gasteiger partial charge in [-0.2, -0.15) is 0 Å². The predicted molar refractivity (Wildman–Crippen MR) is 54.9 cm³/mol. The standard InChI is InChI=1S/C12H16O2/c1-9(2)12(11(8-13)14-12)10-6-4-3-5-7-10/h3-7,9,11,13H,8H2,1-2H3. The van der Waals surface area contributed by atoms with E-state index >= 15 is 0 Å². The van der Waals surface area contributed by atoms with Crippen molar-refractivity contribution in [2.24, 2.45) is 5.92 Å². The molecular weight excluding hydrogens is 176 g/mol. The molecule has 1 fully saturated rings. The van der Waals surface area contributed by atoms with Crippen molar-refractivity contribution in [2.75, 3.05) is 6.61 Å². The van der Waals surface area contributed by atoms with Crippen molar-refractivity contribution in [3.05, 3.63) is 35.9 Å². The third-order valence-electron chi connectivity index (χ3n) is 3.01. The molecule has 1 aliphatic rings. The molecule has 1 heterocycles. The van der Waals surface area contributed by atoms with Gasteiger partial charge in [0.1, 0.15) is 11.7 Å². The van der Waals surface area contributed by atoms with E-state index in [-0.39, 0.29) is 18.3 Å². The SMILES string of the molecule is CC(C)C1(c2ccccc2)OC1CO. The van der Waals surface area contributed by atoms with E-state index in [2.05, 4.69) is 26.0 Å². The highest BCUT2D eigenvalue weighted by Crippen LogP contribution is 2.51. The Kier molecular flexibility index (Phi) is 2.33. The number of hydrogen-bond acceptors (Lipinski definition) is 2. The number of aliphatic hydroxyl groups is 1. The molecular formula is C12H16O2. The van der Waals surface area contributed by atoms with Crippen LogP contribution in [0.25, 0.3) is 0 Å². The van der Waals surface area contributed by atoms with Crippen molar-refractivity contribution in [1.82, 2.24) is 0 Å². The maximum absolute atomic E-state index is 9.13. The third-order valence-corrected chi connectivity index (χ3v) is 3.01. The van der Waals surface area contributed by atoms with E-state index in [0.29, 0.717) is 5.92 Å². The number of benzene rings is 1. The van der Waals surface area contributed by atoms with Crippen molar-refractivity contribution in [1.29, 1.82) is 0 Å². The molecule has 14 heavy (non-hydrogen) atoms. The summed E-state index contributed by atoms with van der Waals surface area (Å²) in [6, 6.07) is 10.1. The quantitative estimate of drug-likeness (QED) is 0.742. The van der Waals surface area contributed by atoms with Crippen LogP contribution in [0.4, 0.5) is 0 Å². The van der Waals surface area contributed by atoms with Gasteiger partial charge in [-0.15, -0.1) is 0 Å². The zero-order chi connectivity index (χ0) is 10.2. The molecule has 0 aromatic heterocycles. The van der Waals surface area contributed by atoms with Gasteiger partial charge in [0, 0.05) is 0 Å². The molecule has 0 amide bonds. The van der Waals surface area contributed by atoms with Crippen molar-refractivity contribution < 1.29 is 9.84 Å². The maximum atomic E-state index is 9.13. The van der Waals surface area contributed by atoms with Crippen LogP contribution >= 0.6 is 0 Å². The van der Waals surface area contributed by atoms with Gasteiger partial charge in [0.05, 0.1) is 6.61 Å². The molecule has 0 saturated carbocycles. The average Bonchev–Trinajstić information content (AvgIpc) is 2.94. The fourth-order valence-electron chi connectivity index (χ4n) is 2.17. The summed E-state index contributed by atoms with van der Waals surface area (Å²) in [7, 11) is 0. The monoisotopic (exact) mass is 192 g/mol. The van der Waals surface area contributed by atoms with Gasteiger partial charge in [-0.1, -0.05) is 44.2 Å². The lowest BCUT2D eigenvalue weighted by molar-refractivity contribution is 0.219. The van der Waals surface area contributed by atoms with E-state index in [0.717, 1.165) is 0 Å². The van der Waals surface area contributed by atoms with Crippen molar-refractivity contribution >= 4 is 0 Å². The predicted octanol–water partition coefficient (Wildman–Crippen LogP) is 1.93. The van der Waals surface area contributed by atoms with Crippen molar-refractivity contribution in [2.45, 2.75) is 25.6 Å². The van der Waals surface area contributed by atoms with Crippen LogP contribution in [0.15, 0.2) is 30.3 Å². The van der Waals surface area contributed by atoms with Crippen LogP contribution in [0.5, 0.6) is 0 Å². The Bertz CT molecular complexity index is 307. The zero-order valence-electron chi connectivity index (χ0n) is 8.60. The first kappa shape index (κ1) is 9.69. The molecule has 1 aliphatic heterocycles. The van der Waals surface area contributed by atoms with Gasteiger partial charge in [-0.3, -0.25) is 0 Å². The van der Waals surface area contributed by atoms with Gasteiger partial charge in [0.2, 0.25) is 0 Å². The fourth-order valence-corrected chi connectivity index (χ4v) is 2.17. The molecule has 0 spiro atoms. The highest BCUT2D eigenvalue weighted by Gasteiger charge is 2.59. The smallest absolute Gasteiger partial charge is 0.124 e. The fraction of sp³-hybridized carbons (Fsp3) is 0.500. The van der Waals surface area contributed by atoms with Crippen LogP contribution in [0.3, 0.4) is 0 Å². The first-order chi connectivity index (χ1) is 6.71. The Balaban J connectivity index is 2.31. The van der Waals surface area contributed by atoms with Crippen LogP contribution in [-0.2, 0) is 10.3 Å². The third kappa shape index (κ3) is 1.26. The van der Waals surface area contributed by atoms with Crippen LogP contribution in [0, 0.1) is 5.92 Å². The van der Waals surface area contributed by atoms with E-state index in [1.54, 1.807) is 0 Å². The zero-order valence-corrected chi connectivity index (χ0v) is 8.60. The van der Waals surface area contributed by atoms with Gasteiger partial charge in [-0.25, -0.2) is 0 Å². The minimum absolute atomic E-state index is 0.0232. The molecule has 2 unspecified atom stereocenters. The van der Waals surface area contributed by atoms with E-state index in [1.807, 2.05) is 18.2 Å². The normalized spacial score (nSPS) is 30.7. The van der Waals surface area contributed by atoms with E-state index < -0.39 is 0 Å². The Morgan fingerprint density at radius 2 is 2.00 bits per heavy atom. The number of epoxide rings is 1. The summed E-state index contributed by atoms with van der Waals surface area (Å²) in [5.74, 6) is 0.391. The minimum atomic E-state index is -0.240.